The van der Waals surface area contributed by atoms with Crippen LogP contribution in [0.25, 0.3) is 0 Å². The molecule has 6 nitrogen and oxygen atoms in total. The quantitative estimate of drug-likeness (QED) is 0.859. The van der Waals surface area contributed by atoms with Crippen molar-refractivity contribution in [2.75, 3.05) is 19.7 Å². The summed E-state index contributed by atoms with van der Waals surface area (Å²) >= 11 is 5.33. The Morgan fingerprint density at radius 2 is 2.22 bits per heavy atom. The Kier molecular flexibility index (Phi) is 4.86. The molecule has 0 aliphatic carbocycles. The molecule has 1 fully saturated rings. The third-order valence-corrected chi connectivity index (χ3v) is 4.49. The first-order valence-electron chi connectivity index (χ1n) is 7.42. The number of nitrogens with zero attached hydrogens (tertiary/aromatic N) is 4. The molecule has 1 atom stereocenters. The SMILES string of the molecule is Cn1c(CO)nn(CN2CCOC(c3ccccc3F)C2)c1=S. The lowest BCUT2D eigenvalue weighted by molar-refractivity contribution is -0.0433. The third kappa shape index (κ3) is 3.35. The number of rotatable bonds is 4. The zero-order valence-electron chi connectivity index (χ0n) is 12.9. The Labute approximate surface area is 138 Å². The normalized spacial score (nSPS) is 19.2. The highest BCUT2D eigenvalue weighted by molar-refractivity contribution is 7.71. The molecule has 23 heavy (non-hydrogen) atoms. The highest BCUT2D eigenvalue weighted by Crippen LogP contribution is 2.24. The number of morpholine rings is 1. The van der Waals surface area contributed by atoms with E-state index in [1.54, 1.807) is 28.4 Å². The van der Waals surface area contributed by atoms with Gasteiger partial charge in [0.05, 0.1) is 19.4 Å². The highest BCUT2D eigenvalue weighted by atomic mass is 32.1. The molecule has 3 rings (SSSR count). The van der Waals surface area contributed by atoms with Crippen LogP contribution in [0.15, 0.2) is 24.3 Å². The van der Waals surface area contributed by atoms with Gasteiger partial charge in [0.15, 0.2) is 10.6 Å². The van der Waals surface area contributed by atoms with Crippen molar-refractivity contribution < 1.29 is 14.2 Å². The third-order valence-electron chi connectivity index (χ3n) is 4.01. The summed E-state index contributed by atoms with van der Waals surface area (Å²) in [4.78, 5) is 2.12. The lowest BCUT2D eigenvalue weighted by Gasteiger charge is -2.32. The van der Waals surface area contributed by atoms with E-state index in [0.717, 1.165) is 6.54 Å². The van der Waals surface area contributed by atoms with Crippen LogP contribution in [0.1, 0.15) is 17.5 Å². The lowest BCUT2D eigenvalue weighted by atomic mass is 10.1. The Bertz CT molecular complexity index is 745. The van der Waals surface area contributed by atoms with Crippen molar-refractivity contribution in [3.63, 3.8) is 0 Å². The fourth-order valence-corrected chi connectivity index (χ4v) is 2.91. The second-order valence-corrected chi connectivity index (χ2v) is 5.88. The van der Waals surface area contributed by atoms with E-state index >= 15 is 0 Å². The number of hydrogen-bond acceptors (Lipinski definition) is 5. The van der Waals surface area contributed by atoms with Crippen LogP contribution in [0.3, 0.4) is 0 Å². The van der Waals surface area contributed by atoms with E-state index in [1.807, 2.05) is 6.07 Å². The number of aromatic nitrogens is 3. The molecule has 1 N–H and O–H groups in total. The van der Waals surface area contributed by atoms with Crippen LogP contribution in [0.4, 0.5) is 4.39 Å². The van der Waals surface area contributed by atoms with E-state index in [2.05, 4.69) is 10.00 Å². The van der Waals surface area contributed by atoms with E-state index in [-0.39, 0.29) is 18.5 Å². The number of benzene rings is 1. The van der Waals surface area contributed by atoms with E-state index in [1.165, 1.54) is 6.07 Å². The van der Waals surface area contributed by atoms with Crippen LogP contribution in [-0.4, -0.2) is 44.1 Å². The summed E-state index contributed by atoms with van der Waals surface area (Å²) in [5.41, 5.74) is 0.567. The van der Waals surface area contributed by atoms with Gasteiger partial charge in [-0.25, -0.2) is 9.07 Å². The average Bonchev–Trinajstić information content (AvgIpc) is 2.83. The molecule has 0 radical (unpaired) electrons. The maximum atomic E-state index is 13.9. The molecule has 0 amide bonds. The molecule has 1 aromatic carbocycles. The molecule has 1 aliphatic heterocycles. The van der Waals surface area contributed by atoms with Crippen LogP contribution >= 0.6 is 12.2 Å². The van der Waals surface area contributed by atoms with Crippen LogP contribution in [0.2, 0.25) is 0 Å². The van der Waals surface area contributed by atoms with Gasteiger partial charge in [0.2, 0.25) is 0 Å². The first kappa shape index (κ1) is 16.3. The molecule has 8 heteroatoms. The van der Waals surface area contributed by atoms with Gasteiger partial charge in [-0.05, 0) is 18.3 Å². The Morgan fingerprint density at radius 1 is 1.43 bits per heavy atom. The molecule has 0 spiro atoms. The van der Waals surface area contributed by atoms with Crippen molar-refractivity contribution in [2.24, 2.45) is 7.05 Å². The molecule has 1 unspecified atom stereocenters. The maximum absolute atomic E-state index is 13.9. The topological polar surface area (TPSA) is 55.5 Å². The summed E-state index contributed by atoms with van der Waals surface area (Å²) < 4.78 is 23.5. The van der Waals surface area contributed by atoms with Crippen molar-refractivity contribution in [1.82, 2.24) is 19.2 Å². The minimum Gasteiger partial charge on any atom is -0.388 e. The van der Waals surface area contributed by atoms with Gasteiger partial charge in [0.1, 0.15) is 12.4 Å². The Balaban J connectivity index is 1.75. The fourth-order valence-electron chi connectivity index (χ4n) is 2.71. The molecule has 0 saturated carbocycles. The van der Waals surface area contributed by atoms with Crippen molar-refractivity contribution in [3.8, 4) is 0 Å². The van der Waals surface area contributed by atoms with Crippen LogP contribution < -0.4 is 0 Å². The smallest absolute Gasteiger partial charge is 0.198 e. The average molecular weight is 338 g/mol. The molecule has 0 bridgehead atoms. The molecule has 1 saturated heterocycles. The minimum absolute atomic E-state index is 0.159. The van der Waals surface area contributed by atoms with Crippen LogP contribution in [0, 0.1) is 10.6 Å². The largest absolute Gasteiger partial charge is 0.388 e. The first-order valence-corrected chi connectivity index (χ1v) is 7.83. The monoisotopic (exact) mass is 338 g/mol. The van der Waals surface area contributed by atoms with Crippen molar-refractivity contribution in [1.29, 1.82) is 0 Å². The number of aliphatic hydroxyl groups is 1. The van der Waals surface area contributed by atoms with Gasteiger partial charge in [-0.1, -0.05) is 18.2 Å². The molecular weight excluding hydrogens is 319 g/mol. The minimum atomic E-state index is -0.305. The second-order valence-electron chi connectivity index (χ2n) is 5.51. The molecule has 2 aromatic rings. The molecule has 2 heterocycles. The van der Waals surface area contributed by atoms with Gasteiger partial charge in [0.25, 0.3) is 0 Å². The Morgan fingerprint density at radius 3 is 2.91 bits per heavy atom. The van der Waals surface area contributed by atoms with E-state index in [0.29, 0.717) is 36.0 Å². The summed E-state index contributed by atoms with van der Waals surface area (Å²) in [7, 11) is 1.78. The number of aliphatic hydroxyl groups excluding tert-OH is 1. The van der Waals surface area contributed by atoms with Gasteiger partial charge in [0, 0.05) is 25.7 Å². The Hall–Kier alpha value is -1.61. The number of halogens is 1. The molecule has 124 valence electrons. The standard InChI is InChI=1S/C15H19FN4O2S/c1-18-14(9-21)17-20(15(18)23)10-19-6-7-22-13(8-19)11-4-2-3-5-12(11)16/h2-5,13,21H,6-10H2,1H3. The van der Waals surface area contributed by atoms with Crippen LogP contribution in [-0.2, 0) is 25.1 Å². The zero-order chi connectivity index (χ0) is 16.4. The second kappa shape index (κ2) is 6.88. The summed E-state index contributed by atoms with van der Waals surface area (Å²) in [6.45, 7) is 2.13. The van der Waals surface area contributed by atoms with E-state index in [9.17, 15) is 9.50 Å². The van der Waals surface area contributed by atoms with Gasteiger partial charge in [-0.3, -0.25) is 4.90 Å². The van der Waals surface area contributed by atoms with Crippen molar-refractivity contribution in [2.45, 2.75) is 19.4 Å². The van der Waals surface area contributed by atoms with Gasteiger partial charge >= 0.3 is 0 Å². The lowest BCUT2D eigenvalue weighted by Crippen LogP contribution is -2.39. The van der Waals surface area contributed by atoms with Crippen molar-refractivity contribution in [3.05, 3.63) is 46.2 Å². The first-order chi connectivity index (χ1) is 11.1. The number of ether oxygens (including phenoxy) is 1. The van der Waals surface area contributed by atoms with Gasteiger partial charge in [-0.15, -0.1) is 0 Å². The zero-order valence-corrected chi connectivity index (χ0v) is 13.7. The summed E-state index contributed by atoms with van der Waals surface area (Å²) in [5, 5.41) is 13.6. The predicted octanol–water partition coefficient (Wildman–Crippen LogP) is 1.61. The van der Waals surface area contributed by atoms with E-state index < -0.39 is 0 Å². The molecular formula is C15H19FN4O2S. The van der Waals surface area contributed by atoms with Gasteiger partial charge in [-0.2, -0.15) is 5.10 Å². The summed E-state index contributed by atoms with van der Waals surface area (Å²) in [6, 6.07) is 6.67. The van der Waals surface area contributed by atoms with Crippen LogP contribution in [0.5, 0.6) is 0 Å². The molecule has 1 aromatic heterocycles. The van der Waals surface area contributed by atoms with E-state index in [4.69, 9.17) is 17.0 Å². The fraction of sp³-hybridized carbons (Fsp3) is 0.467. The number of hydrogen-bond donors (Lipinski definition) is 1. The molecule has 1 aliphatic rings. The van der Waals surface area contributed by atoms with Crippen molar-refractivity contribution >= 4 is 12.2 Å². The predicted molar refractivity (Wildman–Crippen MR) is 84.6 cm³/mol. The summed E-state index contributed by atoms with van der Waals surface area (Å²) in [6.07, 6.45) is -0.305. The maximum Gasteiger partial charge on any atom is 0.198 e. The summed E-state index contributed by atoms with van der Waals surface area (Å²) in [5.74, 6) is 0.269. The highest BCUT2D eigenvalue weighted by Gasteiger charge is 2.24. The van der Waals surface area contributed by atoms with Gasteiger partial charge < -0.3 is 14.4 Å².